The first-order valence-electron chi connectivity index (χ1n) is 10.1. The van der Waals surface area contributed by atoms with Crippen molar-refractivity contribution in [3.63, 3.8) is 0 Å². The number of hydrogen-bond donors (Lipinski definition) is 4. The number of allylic oxidation sites excluding steroid dienone is 1. The second-order valence-corrected chi connectivity index (χ2v) is 7.22. The molecule has 0 aliphatic rings. The zero-order chi connectivity index (χ0) is 21.8. The van der Waals surface area contributed by atoms with Crippen molar-refractivity contribution in [2.24, 2.45) is 5.92 Å². The predicted octanol–water partition coefficient (Wildman–Crippen LogP) is 2.14. The Kier molecular flexibility index (Phi) is 9.77. The van der Waals surface area contributed by atoms with Crippen LogP contribution in [-0.2, 0) is 16.0 Å². The summed E-state index contributed by atoms with van der Waals surface area (Å²) in [5.41, 5.74) is 1.80. The Labute approximate surface area is 177 Å². The molecule has 0 aliphatic heterocycles. The molecule has 0 aromatic heterocycles. The summed E-state index contributed by atoms with van der Waals surface area (Å²) in [4.78, 5) is 25.3. The highest BCUT2D eigenvalue weighted by molar-refractivity contribution is 5.86. The van der Waals surface area contributed by atoms with Crippen LogP contribution in [0, 0.1) is 5.92 Å². The number of amides is 2. The van der Waals surface area contributed by atoms with Crippen molar-refractivity contribution in [2.75, 3.05) is 13.2 Å². The van der Waals surface area contributed by atoms with Crippen molar-refractivity contribution >= 4 is 11.8 Å². The molecule has 6 nitrogen and oxygen atoms in total. The van der Waals surface area contributed by atoms with Crippen molar-refractivity contribution in [2.45, 2.75) is 31.3 Å². The Balaban J connectivity index is 1.96. The van der Waals surface area contributed by atoms with Crippen LogP contribution in [-0.4, -0.2) is 41.3 Å². The lowest BCUT2D eigenvalue weighted by molar-refractivity contribution is -0.131. The van der Waals surface area contributed by atoms with E-state index >= 15 is 0 Å². The number of rotatable bonds is 12. The zero-order valence-corrected chi connectivity index (χ0v) is 17.0. The summed E-state index contributed by atoms with van der Waals surface area (Å²) in [5.74, 6) is -1.25. The van der Waals surface area contributed by atoms with Crippen LogP contribution >= 0.6 is 0 Å². The minimum atomic E-state index is -0.615. The van der Waals surface area contributed by atoms with Gasteiger partial charge in [-0.25, -0.2) is 0 Å². The van der Waals surface area contributed by atoms with Gasteiger partial charge in [0, 0.05) is 6.42 Å². The van der Waals surface area contributed by atoms with E-state index in [0.29, 0.717) is 12.8 Å². The quantitative estimate of drug-likeness (QED) is 0.403. The maximum Gasteiger partial charge on any atom is 0.224 e. The van der Waals surface area contributed by atoms with Gasteiger partial charge in [0.2, 0.25) is 11.8 Å². The number of nitrogens with one attached hydrogen (secondary N) is 2. The Morgan fingerprint density at radius 2 is 1.57 bits per heavy atom. The normalized spacial score (nSPS) is 13.7. The van der Waals surface area contributed by atoms with Gasteiger partial charge in [-0.05, 0) is 24.0 Å². The van der Waals surface area contributed by atoms with Crippen LogP contribution in [0.1, 0.15) is 30.0 Å². The topological polar surface area (TPSA) is 98.7 Å². The third-order valence-corrected chi connectivity index (χ3v) is 4.87. The third-order valence-electron chi connectivity index (χ3n) is 4.87. The highest BCUT2D eigenvalue weighted by Gasteiger charge is 2.24. The van der Waals surface area contributed by atoms with Gasteiger partial charge >= 0.3 is 0 Å². The van der Waals surface area contributed by atoms with E-state index in [2.05, 4.69) is 17.2 Å². The summed E-state index contributed by atoms with van der Waals surface area (Å²) in [6, 6.07) is 17.8. The van der Waals surface area contributed by atoms with Gasteiger partial charge in [-0.1, -0.05) is 66.7 Å². The molecule has 160 valence electrons. The number of benzene rings is 2. The van der Waals surface area contributed by atoms with Crippen molar-refractivity contribution < 1.29 is 19.8 Å². The first-order chi connectivity index (χ1) is 14.6. The molecule has 4 N–H and O–H groups in total. The molecule has 0 aliphatic carbocycles. The summed E-state index contributed by atoms with van der Waals surface area (Å²) < 4.78 is 0. The molecule has 2 aromatic carbocycles. The smallest absolute Gasteiger partial charge is 0.224 e. The van der Waals surface area contributed by atoms with E-state index in [1.807, 2.05) is 60.7 Å². The summed E-state index contributed by atoms with van der Waals surface area (Å²) in [5, 5.41) is 24.9. The van der Waals surface area contributed by atoms with Gasteiger partial charge < -0.3 is 20.8 Å². The standard InChI is InChI=1S/C24H30N2O4/c1-2-9-20(24(30)26-22(17-28)19-12-7-4-8-13-19)15-23(29)25-21(16-27)14-18-10-5-3-6-11-18/h2-8,10-13,20-22,27-28H,1,9,14-17H2,(H,25,29)(H,26,30)/t20-,21+,22+/m0/s1. The summed E-state index contributed by atoms with van der Waals surface area (Å²) in [6.07, 6.45) is 2.40. The molecule has 0 spiro atoms. The van der Waals surface area contributed by atoms with E-state index in [9.17, 15) is 19.8 Å². The highest BCUT2D eigenvalue weighted by Crippen LogP contribution is 2.16. The number of carbonyl (C=O) groups excluding carboxylic acids is 2. The lowest BCUT2D eigenvalue weighted by atomic mass is 9.98. The minimum Gasteiger partial charge on any atom is -0.394 e. The van der Waals surface area contributed by atoms with Gasteiger partial charge in [-0.2, -0.15) is 0 Å². The molecule has 2 amide bonds. The van der Waals surface area contributed by atoms with Crippen LogP contribution in [0.4, 0.5) is 0 Å². The van der Waals surface area contributed by atoms with Crippen LogP contribution in [0.3, 0.4) is 0 Å². The second-order valence-electron chi connectivity index (χ2n) is 7.22. The van der Waals surface area contributed by atoms with Crippen molar-refractivity contribution in [1.29, 1.82) is 0 Å². The molecule has 6 heteroatoms. The Bertz CT molecular complexity index is 795. The molecule has 0 saturated carbocycles. The molecule has 30 heavy (non-hydrogen) atoms. The Morgan fingerprint density at radius 3 is 2.13 bits per heavy atom. The number of hydrogen-bond acceptors (Lipinski definition) is 4. The number of aliphatic hydroxyl groups is 2. The van der Waals surface area contributed by atoms with Gasteiger partial charge in [0.05, 0.1) is 31.2 Å². The van der Waals surface area contributed by atoms with Crippen LogP contribution in [0.2, 0.25) is 0 Å². The first-order valence-corrected chi connectivity index (χ1v) is 10.1. The van der Waals surface area contributed by atoms with Gasteiger partial charge in [0.25, 0.3) is 0 Å². The molecular formula is C24H30N2O4. The van der Waals surface area contributed by atoms with Crippen molar-refractivity contribution in [3.8, 4) is 0 Å². The molecule has 2 aromatic rings. The van der Waals surface area contributed by atoms with Gasteiger partial charge in [0.1, 0.15) is 0 Å². The molecule has 0 heterocycles. The minimum absolute atomic E-state index is 0.0317. The van der Waals surface area contributed by atoms with E-state index in [1.54, 1.807) is 6.08 Å². The molecule has 0 unspecified atom stereocenters. The fourth-order valence-corrected chi connectivity index (χ4v) is 3.26. The van der Waals surface area contributed by atoms with Crippen LogP contribution in [0.25, 0.3) is 0 Å². The second kappa shape index (κ2) is 12.6. The summed E-state index contributed by atoms with van der Waals surface area (Å²) in [7, 11) is 0. The van der Waals surface area contributed by atoms with E-state index < -0.39 is 18.0 Å². The monoisotopic (exact) mass is 410 g/mol. The Hall–Kier alpha value is -2.96. The fourth-order valence-electron chi connectivity index (χ4n) is 3.26. The van der Waals surface area contributed by atoms with E-state index in [-0.39, 0.29) is 31.4 Å². The molecule has 3 atom stereocenters. The molecule has 0 fully saturated rings. The van der Waals surface area contributed by atoms with Crippen LogP contribution in [0.5, 0.6) is 0 Å². The maximum absolute atomic E-state index is 12.8. The SMILES string of the molecule is C=CC[C@@H](CC(=O)N[C@@H](CO)Cc1ccccc1)C(=O)N[C@H](CO)c1ccccc1. The number of aliphatic hydroxyl groups excluding tert-OH is 2. The van der Waals surface area contributed by atoms with Gasteiger partial charge in [-0.15, -0.1) is 6.58 Å². The molecule has 2 rings (SSSR count). The van der Waals surface area contributed by atoms with Crippen molar-refractivity contribution in [1.82, 2.24) is 10.6 Å². The zero-order valence-electron chi connectivity index (χ0n) is 17.0. The number of carbonyl (C=O) groups is 2. The van der Waals surface area contributed by atoms with Gasteiger partial charge in [0.15, 0.2) is 0 Å². The third kappa shape index (κ3) is 7.46. The first kappa shape index (κ1) is 23.3. The maximum atomic E-state index is 12.8. The lowest BCUT2D eigenvalue weighted by Gasteiger charge is -2.22. The fraction of sp³-hybridized carbons (Fsp3) is 0.333. The van der Waals surface area contributed by atoms with E-state index in [0.717, 1.165) is 11.1 Å². The largest absolute Gasteiger partial charge is 0.394 e. The average molecular weight is 411 g/mol. The molecule has 0 bridgehead atoms. The van der Waals surface area contributed by atoms with E-state index in [4.69, 9.17) is 0 Å². The van der Waals surface area contributed by atoms with Crippen LogP contribution in [0.15, 0.2) is 73.3 Å². The average Bonchev–Trinajstić information content (AvgIpc) is 2.77. The van der Waals surface area contributed by atoms with Crippen molar-refractivity contribution in [3.05, 3.63) is 84.4 Å². The van der Waals surface area contributed by atoms with Crippen LogP contribution < -0.4 is 10.6 Å². The summed E-state index contributed by atoms with van der Waals surface area (Å²) in [6.45, 7) is 3.24. The molecular weight excluding hydrogens is 380 g/mol. The summed E-state index contributed by atoms with van der Waals surface area (Å²) >= 11 is 0. The van der Waals surface area contributed by atoms with Gasteiger partial charge in [-0.3, -0.25) is 9.59 Å². The van der Waals surface area contributed by atoms with E-state index in [1.165, 1.54) is 0 Å². The lowest BCUT2D eigenvalue weighted by Crippen LogP contribution is -2.42. The Morgan fingerprint density at radius 1 is 0.933 bits per heavy atom. The molecule has 0 saturated heterocycles. The predicted molar refractivity (Wildman–Crippen MR) is 116 cm³/mol. The molecule has 0 radical (unpaired) electrons. The highest BCUT2D eigenvalue weighted by atomic mass is 16.3.